The number of ether oxygens (including phenoxy) is 1. The molecule has 0 unspecified atom stereocenters. The second-order valence-electron chi connectivity index (χ2n) is 3.41. The van der Waals surface area contributed by atoms with Crippen LogP contribution in [-0.4, -0.2) is 37.3 Å². The van der Waals surface area contributed by atoms with Crippen LogP contribution in [0.15, 0.2) is 11.1 Å². The highest BCUT2D eigenvalue weighted by atomic mass is 19.4. The molecule has 0 N–H and O–H groups in total. The van der Waals surface area contributed by atoms with E-state index in [1.807, 2.05) is 0 Å². The van der Waals surface area contributed by atoms with E-state index in [4.69, 9.17) is 0 Å². The minimum atomic E-state index is -4.73. The number of aryl methyl sites for hydroxylation is 1. The summed E-state index contributed by atoms with van der Waals surface area (Å²) in [6.07, 6.45) is -3.49. The van der Waals surface area contributed by atoms with Gasteiger partial charge in [0.25, 0.3) is 0 Å². The quantitative estimate of drug-likeness (QED) is 0.787. The summed E-state index contributed by atoms with van der Waals surface area (Å²) in [7, 11) is 0. The van der Waals surface area contributed by atoms with Crippen molar-refractivity contribution in [3.63, 3.8) is 0 Å². The molecular weight excluding hydrogens is 255 g/mol. The number of imidazole rings is 1. The van der Waals surface area contributed by atoms with Gasteiger partial charge in [-0.05, 0) is 6.92 Å². The van der Waals surface area contributed by atoms with Gasteiger partial charge in [-0.3, -0.25) is 4.74 Å². The van der Waals surface area contributed by atoms with Crippen LogP contribution >= 0.6 is 0 Å². The molecule has 0 aromatic carbocycles. The molecule has 0 spiro atoms. The molecule has 0 amide bonds. The number of fused-ring (bicyclic) bond motifs is 1. The fourth-order valence-corrected chi connectivity index (χ4v) is 1.34. The first kappa shape index (κ1) is 12.5. The number of nitrogens with zero attached hydrogens (tertiary/aromatic N) is 5. The molecule has 0 aliphatic carbocycles. The molecule has 98 valence electrons. The van der Waals surface area contributed by atoms with E-state index in [0.29, 0.717) is 5.69 Å². The molecule has 10 heteroatoms. The number of halogens is 3. The molecule has 0 atom stereocenters. The number of alkyl halides is 3. The molecule has 7 nitrogen and oxygen atoms in total. The van der Waals surface area contributed by atoms with Gasteiger partial charge < -0.3 is 0 Å². The van der Waals surface area contributed by atoms with Gasteiger partial charge in [0, 0.05) is 0 Å². The first-order valence-electron chi connectivity index (χ1n) is 4.86. The van der Waals surface area contributed by atoms with Crippen molar-refractivity contribution in [1.82, 2.24) is 24.4 Å². The average Bonchev–Trinajstić information content (AvgIpc) is 2.63. The fourth-order valence-electron chi connectivity index (χ4n) is 1.34. The van der Waals surface area contributed by atoms with Crippen molar-refractivity contribution in [3.8, 4) is 0 Å². The van der Waals surface area contributed by atoms with Crippen LogP contribution in [0.4, 0.5) is 13.2 Å². The van der Waals surface area contributed by atoms with Gasteiger partial charge in [-0.25, -0.2) is 14.2 Å². The second-order valence-corrected chi connectivity index (χ2v) is 3.41. The zero-order valence-electron chi connectivity index (χ0n) is 9.18. The Kier molecular flexibility index (Phi) is 3.03. The largest absolute Gasteiger partial charge is 0.522 e. The third-order valence-electron chi connectivity index (χ3n) is 2.16. The molecule has 0 bridgehead atoms. The van der Waals surface area contributed by atoms with Crippen molar-refractivity contribution < 1.29 is 17.9 Å². The van der Waals surface area contributed by atoms with Gasteiger partial charge in [0.15, 0.2) is 5.65 Å². The van der Waals surface area contributed by atoms with Gasteiger partial charge in [-0.15, -0.1) is 18.3 Å². The van der Waals surface area contributed by atoms with E-state index in [2.05, 4.69) is 20.0 Å². The third-order valence-corrected chi connectivity index (χ3v) is 2.16. The van der Waals surface area contributed by atoms with E-state index >= 15 is 0 Å². The molecule has 2 rings (SSSR count). The molecule has 0 radical (unpaired) electrons. The number of hydrogen-bond donors (Lipinski definition) is 0. The molecule has 0 fully saturated rings. The van der Waals surface area contributed by atoms with Crippen LogP contribution in [-0.2, 0) is 11.3 Å². The van der Waals surface area contributed by atoms with Crippen molar-refractivity contribution in [2.75, 3.05) is 6.61 Å². The lowest BCUT2D eigenvalue weighted by Gasteiger charge is -2.07. The Morgan fingerprint density at radius 2 is 2.17 bits per heavy atom. The summed E-state index contributed by atoms with van der Waals surface area (Å²) in [4.78, 5) is 15.6. The lowest BCUT2D eigenvalue weighted by molar-refractivity contribution is -0.325. The highest BCUT2D eigenvalue weighted by Crippen LogP contribution is 2.15. The molecule has 2 heterocycles. The maximum Gasteiger partial charge on any atom is 0.522 e. The smallest absolute Gasteiger partial charge is 0.290 e. The summed E-state index contributed by atoms with van der Waals surface area (Å²) < 4.78 is 40.7. The number of rotatable bonds is 3. The lowest BCUT2D eigenvalue weighted by Crippen LogP contribution is -2.32. The second kappa shape index (κ2) is 4.37. The number of hydrogen-bond acceptors (Lipinski definition) is 5. The Balaban J connectivity index is 2.20. The minimum absolute atomic E-state index is 0.271. The van der Waals surface area contributed by atoms with E-state index < -0.39 is 18.7 Å². The van der Waals surface area contributed by atoms with Crippen LogP contribution in [0.25, 0.3) is 5.65 Å². The zero-order chi connectivity index (χ0) is 13.3. The van der Waals surface area contributed by atoms with Crippen LogP contribution in [0.2, 0.25) is 0 Å². The monoisotopic (exact) mass is 263 g/mol. The van der Waals surface area contributed by atoms with Crippen LogP contribution in [0.5, 0.6) is 0 Å². The Bertz CT molecular complexity index is 617. The number of aromatic nitrogens is 5. The van der Waals surface area contributed by atoms with Gasteiger partial charge in [-0.2, -0.15) is 4.68 Å². The van der Waals surface area contributed by atoms with Crippen LogP contribution in [0.3, 0.4) is 0 Å². The maximum atomic E-state index is 11.8. The SMILES string of the molecule is Cc1ncn2c(=O)n(CCOC(F)(F)F)nnc12. The van der Waals surface area contributed by atoms with Crippen LogP contribution in [0, 0.1) is 6.92 Å². The van der Waals surface area contributed by atoms with Crippen LogP contribution < -0.4 is 5.69 Å². The normalized spacial score (nSPS) is 12.2. The predicted molar refractivity (Wildman–Crippen MR) is 51.8 cm³/mol. The Labute approximate surface area is 97.8 Å². The molecule has 0 saturated heterocycles. The summed E-state index contributed by atoms with van der Waals surface area (Å²) in [5, 5.41) is 7.20. The van der Waals surface area contributed by atoms with Crippen molar-refractivity contribution in [2.24, 2.45) is 0 Å². The summed E-state index contributed by atoms with van der Waals surface area (Å²) in [6, 6.07) is 0. The van der Waals surface area contributed by atoms with Gasteiger partial charge in [0.05, 0.1) is 18.8 Å². The highest BCUT2D eigenvalue weighted by molar-refractivity contribution is 5.40. The Morgan fingerprint density at radius 1 is 1.44 bits per heavy atom. The summed E-state index contributed by atoms with van der Waals surface area (Å²) >= 11 is 0. The standard InChI is InChI=1S/C8H8F3N5O2/c1-5-6-13-14-16(2-3-18-8(9,10)11)7(17)15(6)4-12-5/h4H,2-3H2,1H3. The molecule has 2 aromatic rings. The lowest BCUT2D eigenvalue weighted by atomic mass is 10.5. The van der Waals surface area contributed by atoms with E-state index in [-0.39, 0.29) is 12.2 Å². The van der Waals surface area contributed by atoms with Crippen molar-refractivity contribution in [3.05, 3.63) is 22.5 Å². The van der Waals surface area contributed by atoms with Gasteiger partial charge in [-0.1, -0.05) is 5.21 Å². The van der Waals surface area contributed by atoms with E-state index in [0.717, 1.165) is 9.08 Å². The molecule has 0 aliphatic rings. The van der Waals surface area contributed by atoms with E-state index in [1.54, 1.807) is 6.92 Å². The van der Waals surface area contributed by atoms with E-state index in [1.165, 1.54) is 6.33 Å². The highest BCUT2D eigenvalue weighted by Gasteiger charge is 2.28. The summed E-state index contributed by atoms with van der Waals surface area (Å²) in [6.45, 7) is 0.580. The van der Waals surface area contributed by atoms with Gasteiger partial charge in [0.2, 0.25) is 0 Å². The average molecular weight is 263 g/mol. The third kappa shape index (κ3) is 2.47. The fraction of sp³-hybridized carbons (Fsp3) is 0.500. The summed E-state index contributed by atoms with van der Waals surface area (Å²) in [5.41, 5.74) is 0.164. The Morgan fingerprint density at radius 3 is 2.83 bits per heavy atom. The summed E-state index contributed by atoms with van der Waals surface area (Å²) in [5.74, 6) is 0. The minimum Gasteiger partial charge on any atom is -0.290 e. The Hall–Kier alpha value is -1.97. The predicted octanol–water partition coefficient (Wildman–Crippen LogP) is 0.131. The molecule has 0 saturated carbocycles. The first-order valence-corrected chi connectivity index (χ1v) is 4.86. The maximum absolute atomic E-state index is 11.8. The zero-order valence-corrected chi connectivity index (χ0v) is 9.18. The van der Waals surface area contributed by atoms with Crippen molar-refractivity contribution >= 4 is 5.65 Å². The van der Waals surface area contributed by atoms with Gasteiger partial charge in [0.1, 0.15) is 6.33 Å². The van der Waals surface area contributed by atoms with E-state index in [9.17, 15) is 18.0 Å². The van der Waals surface area contributed by atoms with Crippen molar-refractivity contribution in [1.29, 1.82) is 0 Å². The molecular formula is C8H8F3N5O2. The topological polar surface area (TPSA) is 74.3 Å². The molecule has 18 heavy (non-hydrogen) atoms. The first-order chi connectivity index (χ1) is 8.38. The molecule has 2 aromatic heterocycles. The van der Waals surface area contributed by atoms with Crippen LogP contribution in [0.1, 0.15) is 5.69 Å². The van der Waals surface area contributed by atoms with Gasteiger partial charge >= 0.3 is 12.1 Å². The van der Waals surface area contributed by atoms with Crippen molar-refractivity contribution in [2.45, 2.75) is 19.8 Å². The molecule has 0 aliphatic heterocycles.